The van der Waals surface area contributed by atoms with Crippen LogP contribution in [0.25, 0.3) is 0 Å². The molecule has 2 heterocycles. The molecular weight excluding hydrogens is 298 g/mol. The van der Waals surface area contributed by atoms with E-state index < -0.39 is 0 Å². The van der Waals surface area contributed by atoms with Gasteiger partial charge in [-0.1, -0.05) is 0 Å². The highest BCUT2D eigenvalue weighted by Crippen LogP contribution is 2.27. The zero-order chi connectivity index (χ0) is 16.4. The van der Waals surface area contributed by atoms with Gasteiger partial charge in [-0.2, -0.15) is 0 Å². The number of carbonyl (C=O) groups is 1. The quantitative estimate of drug-likeness (QED) is 0.892. The molecule has 0 saturated heterocycles. The van der Waals surface area contributed by atoms with Gasteiger partial charge in [-0.05, 0) is 0 Å². The van der Waals surface area contributed by atoms with Gasteiger partial charge < -0.3 is 25.4 Å². The van der Waals surface area contributed by atoms with Gasteiger partial charge in [0.25, 0.3) is 0 Å². The lowest BCUT2D eigenvalue weighted by molar-refractivity contribution is 0.212. The van der Waals surface area contributed by atoms with Crippen LogP contribution in [0.4, 0.5) is 16.4 Å². The smallest absolute Gasteiger partial charge is 0.322 e. The highest BCUT2D eigenvalue weighted by molar-refractivity contribution is 5.90. The number of hydrogen-bond acceptors (Lipinski definition) is 6. The van der Waals surface area contributed by atoms with E-state index in [4.69, 9.17) is 15.2 Å². The van der Waals surface area contributed by atoms with Crippen LogP contribution in [-0.4, -0.2) is 35.1 Å². The predicted molar refractivity (Wildman–Crippen MR) is 84.3 cm³/mol. The first kappa shape index (κ1) is 14.9. The lowest BCUT2D eigenvalue weighted by atomic mass is 10.3. The minimum atomic E-state index is -0.239. The van der Waals surface area contributed by atoms with Crippen molar-refractivity contribution in [1.82, 2.24) is 14.9 Å². The fourth-order valence-corrected chi connectivity index (χ4v) is 2.39. The van der Waals surface area contributed by atoms with Crippen LogP contribution in [0, 0.1) is 0 Å². The van der Waals surface area contributed by atoms with E-state index in [1.807, 2.05) is 0 Å². The SMILES string of the molecule is COc1cc(NC(=O)N2Cc3cnc(N)nc3C2)cc(OC)c1. The first-order valence-corrected chi connectivity index (χ1v) is 6.98. The van der Waals surface area contributed by atoms with Crippen molar-refractivity contribution in [3.05, 3.63) is 35.7 Å². The summed E-state index contributed by atoms with van der Waals surface area (Å²) in [5.41, 5.74) is 7.84. The lowest BCUT2D eigenvalue weighted by Gasteiger charge is -2.17. The predicted octanol–water partition coefficient (Wildman–Crippen LogP) is 1.62. The van der Waals surface area contributed by atoms with Crippen LogP contribution in [0.1, 0.15) is 11.3 Å². The standard InChI is InChI=1S/C15H17N5O3/c1-22-11-3-10(4-12(5-11)23-2)18-15(21)20-7-9-6-17-14(16)19-13(9)8-20/h3-6H,7-8H2,1-2H3,(H,18,21)(H2,16,17,19). The van der Waals surface area contributed by atoms with Crippen molar-refractivity contribution >= 4 is 17.7 Å². The number of anilines is 2. The zero-order valence-electron chi connectivity index (χ0n) is 12.9. The topological polar surface area (TPSA) is 103 Å². The molecule has 0 atom stereocenters. The van der Waals surface area contributed by atoms with Gasteiger partial charge in [0.2, 0.25) is 5.95 Å². The van der Waals surface area contributed by atoms with Crippen LogP contribution in [0.15, 0.2) is 24.4 Å². The molecule has 1 aliphatic heterocycles. The Balaban J connectivity index is 1.73. The Morgan fingerprint density at radius 1 is 1.22 bits per heavy atom. The number of fused-ring (bicyclic) bond motifs is 1. The number of rotatable bonds is 3. The summed E-state index contributed by atoms with van der Waals surface area (Å²) in [6, 6.07) is 4.94. The maximum Gasteiger partial charge on any atom is 0.322 e. The lowest BCUT2D eigenvalue weighted by Crippen LogP contribution is -2.30. The summed E-state index contributed by atoms with van der Waals surface area (Å²) in [6.07, 6.45) is 1.65. The number of carbonyl (C=O) groups excluding carboxylic acids is 1. The summed E-state index contributed by atoms with van der Waals surface area (Å²) in [6.45, 7) is 0.845. The molecular formula is C15H17N5O3. The second-order valence-corrected chi connectivity index (χ2v) is 5.09. The van der Waals surface area contributed by atoms with Crippen LogP contribution in [-0.2, 0) is 13.1 Å². The molecule has 8 nitrogen and oxygen atoms in total. The summed E-state index contributed by atoms with van der Waals surface area (Å²) in [4.78, 5) is 22.2. The van der Waals surface area contributed by atoms with Crippen molar-refractivity contribution in [1.29, 1.82) is 0 Å². The van der Waals surface area contributed by atoms with Crippen molar-refractivity contribution in [2.24, 2.45) is 0 Å². The van der Waals surface area contributed by atoms with Crippen LogP contribution in [0.2, 0.25) is 0 Å². The first-order valence-electron chi connectivity index (χ1n) is 6.98. The van der Waals surface area contributed by atoms with Gasteiger partial charge in [0.15, 0.2) is 0 Å². The Kier molecular flexibility index (Phi) is 3.88. The Bertz CT molecular complexity index is 728. The first-order chi connectivity index (χ1) is 11.1. The highest BCUT2D eigenvalue weighted by atomic mass is 16.5. The molecule has 8 heteroatoms. The van der Waals surface area contributed by atoms with Gasteiger partial charge in [0.05, 0.1) is 33.0 Å². The molecule has 0 bridgehead atoms. The molecule has 3 N–H and O–H groups in total. The van der Waals surface area contributed by atoms with E-state index in [9.17, 15) is 4.79 Å². The molecule has 23 heavy (non-hydrogen) atoms. The van der Waals surface area contributed by atoms with Gasteiger partial charge in [-0.25, -0.2) is 14.8 Å². The minimum absolute atomic E-state index is 0.212. The Morgan fingerprint density at radius 3 is 2.57 bits per heavy atom. The largest absolute Gasteiger partial charge is 0.497 e. The second-order valence-electron chi connectivity index (χ2n) is 5.09. The van der Waals surface area contributed by atoms with Gasteiger partial charge in [0, 0.05) is 35.6 Å². The molecule has 2 aromatic rings. The fraction of sp³-hybridized carbons (Fsp3) is 0.267. The molecule has 3 rings (SSSR count). The molecule has 0 fully saturated rings. The van der Waals surface area contributed by atoms with Crippen LogP contribution >= 0.6 is 0 Å². The monoisotopic (exact) mass is 315 g/mol. The molecule has 2 amide bonds. The molecule has 1 aromatic heterocycles. The van der Waals surface area contributed by atoms with Crippen LogP contribution in [0.5, 0.6) is 11.5 Å². The number of methoxy groups -OCH3 is 2. The number of nitrogens with two attached hydrogens (primary N) is 1. The van der Waals surface area contributed by atoms with Gasteiger partial charge in [-0.15, -0.1) is 0 Å². The van der Waals surface area contributed by atoms with Gasteiger partial charge >= 0.3 is 6.03 Å². The number of nitrogen functional groups attached to an aromatic ring is 1. The third-order valence-corrected chi connectivity index (χ3v) is 3.56. The van der Waals surface area contributed by atoms with Crippen LogP contribution < -0.4 is 20.5 Å². The Morgan fingerprint density at radius 2 is 1.91 bits per heavy atom. The van der Waals surface area contributed by atoms with E-state index in [0.29, 0.717) is 30.3 Å². The average Bonchev–Trinajstić information content (AvgIpc) is 2.97. The summed E-state index contributed by atoms with van der Waals surface area (Å²) >= 11 is 0. The zero-order valence-corrected chi connectivity index (χ0v) is 12.9. The van der Waals surface area contributed by atoms with Crippen molar-refractivity contribution < 1.29 is 14.3 Å². The van der Waals surface area contributed by atoms with Gasteiger partial charge in [0.1, 0.15) is 11.5 Å². The molecule has 0 aliphatic carbocycles. The van der Waals surface area contributed by atoms with Crippen molar-refractivity contribution in [2.45, 2.75) is 13.1 Å². The second kappa shape index (κ2) is 5.99. The third-order valence-electron chi connectivity index (χ3n) is 3.56. The fourth-order valence-electron chi connectivity index (χ4n) is 2.39. The van der Waals surface area contributed by atoms with Crippen molar-refractivity contribution in [2.75, 3.05) is 25.3 Å². The van der Waals surface area contributed by atoms with E-state index in [1.165, 1.54) is 0 Å². The molecule has 0 spiro atoms. The molecule has 0 radical (unpaired) electrons. The number of hydrogen-bond donors (Lipinski definition) is 2. The number of amides is 2. The molecule has 1 aromatic carbocycles. The third kappa shape index (κ3) is 3.10. The van der Waals surface area contributed by atoms with Crippen molar-refractivity contribution in [3.8, 4) is 11.5 Å². The molecule has 0 unspecified atom stereocenters. The summed E-state index contributed by atoms with van der Waals surface area (Å²) in [5.74, 6) is 1.41. The van der Waals surface area contributed by atoms with Crippen LogP contribution in [0.3, 0.4) is 0 Å². The van der Waals surface area contributed by atoms with E-state index >= 15 is 0 Å². The maximum atomic E-state index is 12.4. The molecule has 120 valence electrons. The van der Waals surface area contributed by atoms with E-state index in [-0.39, 0.29) is 12.0 Å². The van der Waals surface area contributed by atoms with E-state index in [1.54, 1.807) is 43.5 Å². The maximum absolute atomic E-state index is 12.4. The minimum Gasteiger partial charge on any atom is -0.497 e. The van der Waals surface area contributed by atoms with Gasteiger partial charge in [-0.3, -0.25) is 0 Å². The highest BCUT2D eigenvalue weighted by Gasteiger charge is 2.25. The summed E-state index contributed by atoms with van der Waals surface area (Å²) in [7, 11) is 3.11. The number of benzene rings is 1. The number of ether oxygens (including phenoxy) is 2. The average molecular weight is 315 g/mol. The number of aromatic nitrogens is 2. The number of nitrogens with zero attached hydrogens (tertiary/aromatic N) is 3. The Labute approximate surface area is 133 Å². The normalized spacial score (nSPS) is 12.7. The summed E-state index contributed by atoms with van der Waals surface area (Å²) in [5, 5.41) is 2.83. The summed E-state index contributed by atoms with van der Waals surface area (Å²) < 4.78 is 10.4. The van der Waals surface area contributed by atoms with E-state index in [0.717, 1.165) is 11.3 Å². The number of nitrogens with one attached hydrogen (secondary N) is 1. The molecule has 0 saturated carbocycles. The molecule has 1 aliphatic rings. The Hall–Kier alpha value is -3.03. The van der Waals surface area contributed by atoms with Crippen molar-refractivity contribution in [3.63, 3.8) is 0 Å². The van der Waals surface area contributed by atoms with E-state index in [2.05, 4.69) is 15.3 Å². The number of urea groups is 1.